The van der Waals surface area contributed by atoms with Crippen LogP contribution < -0.4 is 11.1 Å². The van der Waals surface area contributed by atoms with E-state index in [-0.39, 0.29) is 6.10 Å². The SMILES string of the molecule is CC(C)OC(=O)[C@H](Cc1ccc(N)cc1)NC(=O)OC(C)(C)C. The minimum Gasteiger partial charge on any atom is -0.461 e. The van der Waals surface area contributed by atoms with Crippen LogP contribution in [0.3, 0.4) is 0 Å². The number of benzene rings is 1. The minimum atomic E-state index is -0.823. The topological polar surface area (TPSA) is 90.6 Å². The molecule has 0 heterocycles. The summed E-state index contributed by atoms with van der Waals surface area (Å²) in [7, 11) is 0. The first kappa shape index (κ1) is 18.8. The third-order valence-electron chi connectivity index (χ3n) is 2.75. The van der Waals surface area contributed by atoms with Crippen LogP contribution in [-0.2, 0) is 20.7 Å². The fraction of sp³-hybridized carbons (Fsp3) is 0.529. The number of hydrogen-bond acceptors (Lipinski definition) is 5. The predicted molar refractivity (Wildman–Crippen MR) is 88.9 cm³/mol. The van der Waals surface area contributed by atoms with Gasteiger partial charge in [-0.3, -0.25) is 0 Å². The molecular formula is C17H26N2O4. The zero-order valence-electron chi connectivity index (χ0n) is 14.4. The number of alkyl carbamates (subject to hydrolysis) is 1. The van der Waals surface area contributed by atoms with Crippen molar-refractivity contribution in [2.75, 3.05) is 5.73 Å². The van der Waals surface area contributed by atoms with Crippen LogP contribution in [0, 0.1) is 0 Å². The van der Waals surface area contributed by atoms with Crippen LogP contribution in [0.25, 0.3) is 0 Å². The molecule has 1 amide bonds. The summed E-state index contributed by atoms with van der Waals surface area (Å²) >= 11 is 0. The van der Waals surface area contributed by atoms with Gasteiger partial charge in [-0.15, -0.1) is 0 Å². The van der Waals surface area contributed by atoms with Gasteiger partial charge >= 0.3 is 12.1 Å². The lowest BCUT2D eigenvalue weighted by atomic mass is 10.1. The summed E-state index contributed by atoms with van der Waals surface area (Å²) in [4.78, 5) is 24.2. The lowest BCUT2D eigenvalue weighted by Gasteiger charge is -2.23. The van der Waals surface area contributed by atoms with Crippen LogP contribution in [0.1, 0.15) is 40.2 Å². The van der Waals surface area contributed by atoms with E-state index in [1.807, 2.05) is 12.1 Å². The molecule has 0 radical (unpaired) electrons. The van der Waals surface area contributed by atoms with Crippen LogP contribution in [0.5, 0.6) is 0 Å². The van der Waals surface area contributed by atoms with Crippen molar-refractivity contribution in [1.29, 1.82) is 0 Å². The van der Waals surface area contributed by atoms with E-state index in [0.717, 1.165) is 5.56 Å². The van der Waals surface area contributed by atoms with E-state index in [1.165, 1.54) is 0 Å². The van der Waals surface area contributed by atoms with E-state index in [4.69, 9.17) is 15.2 Å². The van der Waals surface area contributed by atoms with Gasteiger partial charge < -0.3 is 20.5 Å². The van der Waals surface area contributed by atoms with E-state index in [2.05, 4.69) is 5.32 Å². The number of nitrogens with one attached hydrogen (secondary N) is 1. The van der Waals surface area contributed by atoms with Crippen molar-refractivity contribution in [3.63, 3.8) is 0 Å². The zero-order chi connectivity index (χ0) is 17.6. The number of carbonyl (C=O) groups excluding carboxylic acids is 2. The average molecular weight is 322 g/mol. The lowest BCUT2D eigenvalue weighted by molar-refractivity contribution is -0.149. The van der Waals surface area contributed by atoms with Gasteiger partial charge in [0.25, 0.3) is 0 Å². The van der Waals surface area contributed by atoms with Crippen molar-refractivity contribution in [2.24, 2.45) is 0 Å². The standard InChI is InChI=1S/C17H26N2O4/c1-11(2)22-15(20)14(19-16(21)23-17(3,4)5)10-12-6-8-13(18)9-7-12/h6-9,11,14H,10,18H2,1-5H3,(H,19,21)/t14-/m0/s1. The van der Waals surface area contributed by atoms with Crippen molar-refractivity contribution in [1.82, 2.24) is 5.32 Å². The van der Waals surface area contributed by atoms with Gasteiger partial charge in [-0.05, 0) is 52.3 Å². The molecular weight excluding hydrogens is 296 g/mol. The highest BCUT2D eigenvalue weighted by molar-refractivity contribution is 5.82. The Kier molecular flexibility index (Phi) is 6.42. The Balaban J connectivity index is 2.82. The number of rotatable bonds is 5. The molecule has 0 aliphatic carbocycles. The van der Waals surface area contributed by atoms with Gasteiger partial charge in [0.1, 0.15) is 11.6 Å². The molecule has 0 saturated heterocycles. The number of hydrogen-bond donors (Lipinski definition) is 2. The molecule has 0 spiro atoms. The fourth-order valence-corrected chi connectivity index (χ4v) is 1.85. The molecule has 0 saturated carbocycles. The molecule has 1 rings (SSSR count). The van der Waals surface area contributed by atoms with Gasteiger partial charge in [0.2, 0.25) is 0 Å². The smallest absolute Gasteiger partial charge is 0.408 e. The molecule has 0 aromatic heterocycles. The Hall–Kier alpha value is -2.24. The lowest BCUT2D eigenvalue weighted by Crippen LogP contribution is -2.46. The summed E-state index contributed by atoms with van der Waals surface area (Å²) in [5.74, 6) is -0.498. The highest BCUT2D eigenvalue weighted by Gasteiger charge is 2.26. The van der Waals surface area contributed by atoms with Crippen molar-refractivity contribution in [2.45, 2.75) is 58.8 Å². The molecule has 0 aliphatic rings. The molecule has 1 atom stereocenters. The molecule has 0 aliphatic heterocycles. The number of anilines is 1. The summed E-state index contributed by atoms with van der Waals surface area (Å²) < 4.78 is 10.4. The monoisotopic (exact) mass is 322 g/mol. The van der Waals surface area contributed by atoms with Crippen LogP contribution in [0.4, 0.5) is 10.5 Å². The number of nitrogens with two attached hydrogens (primary N) is 1. The Morgan fingerprint density at radius 2 is 1.74 bits per heavy atom. The molecule has 0 bridgehead atoms. The van der Waals surface area contributed by atoms with Crippen molar-refractivity contribution >= 4 is 17.7 Å². The quantitative estimate of drug-likeness (QED) is 0.642. The van der Waals surface area contributed by atoms with Crippen LogP contribution >= 0.6 is 0 Å². The molecule has 6 heteroatoms. The van der Waals surface area contributed by atoms with Crippen LogP contribution in [-0.4, -0.2) is 29.8 Å². The maximum absolute atomic E-state index is 12.2. The molecule has 0 fully saturated rings. The summed E-state index contributed by atoms with van der Waals surface area (Å²) in [5.41, 5.74) is 6.51. The van der Waals surface area contributed by atoms with E-state index in [9.17, 15) is 9.59 Å². The molecule has 128 valence electrons. The number of nitrogen functional groups attached to an aromatic ring is 1. The van der Waals surface area contributed by atoms with E-state index in [1.54, 1.807) is 46.8 Å². The number of ether oxygens (including phenoxy) is 2. The summed E-state index contributed by atoms with van der Waals surface area (Å²) in [6, 6.07) is 6.28. The third kappa shape index (κ3) is 7.54. The van der Waals surface area contributed by atoms with Crippen LogP contribution in [0.2, 0.25) is 0 Å². The number of esters is 1. The second kappa shape index (κ2) is 7.85. The van der Waals surface area contributed by atoms with E-state index in [0.29, 0.717) is 12.1 Å². The van der Waals surface area contributed by atoms with Gasteiger partial charge in [0.15, 0.2) is 0 Å². The Morgan fingerprint density at radius 3 is 2.22 bits per heavy atom. The van der Waals surface area contributed by atoms with Crippen molar-refractivity contribution in [3.8, 4) is 0 Å². The summed E-state index contributed by atoms with van der Waals surface area (Å²) in [6.07, 6.45) is -0.624. The highest BCUT2D eigenvalue weighted by atomic mass is 16.6. The molecule has 3 N–H and O–H groups in total. The predicted octanol–water partition coefficient (Wildman–Crippen LogP) is 2.66. The third-order valence-corrected chi connectivity index (χ3v) is 2.75. The Labute approximate surface area is 137 Å². The average Bonchev–Trinajstić information content (AvgIpc) is 2.37. The van der Waals surface area contributed by atoms with Crippen molar-refractivity contribution < 1.29 is 19.1 Å². The second-order valence-electron chi connectivity index (χ2n) is 6.63. The van der Waals surface area contributed by atoms with E-state index < -0.39 is 23.7 Å². The number of carbonyl (C=O) groups is 2. The molecule has 6 nitrogen and oxygen atoms in total. The van der Waals surface area contributed by atoms with Gasteiger partial charge in [-0.25, -0.2) is 9.59 Å². The zero-order valence-corrected chi connectivity index (χ0v) is 14.4. The van der Waals surface area contributed by atoms with Crippen LogP contribution in [0.15, 0.2) is 24.3 Å². The van der Waals surface area contributed by atoms with Crippen molar-refractivity contribution in [3.05, 3.63) is 29.8 Å². The highest BCUT2D eigenvalue weighted by Crippen LogP contribution is 2.11. The maximum atomic E-state index is 12.2. The largest absolute Gasteiger partial charge is 0.461 e. The first-order chi connectivity index (χ1) is 10.6. The summed E-state index contributed by atoms with van der Waals surface area (Å²) in [5, 5.41) is 2.57. The van der Waals surface area contributed by atoms with E-state index >= 15 is 0 Å². The van der Waals surface area contributed by atoms with Gasteiger partial charge in [-0.1, -0.05) is 12.1 Å². The molecule has 1 aromatic carbocycles. The first-order valence-electron chi connectivity index (χ1n) is 7.61. The maximum Gasteiger partial charge on any atom is 0.408 e. The first-order valence-corrected chi connectivity index (χ1v) is 7.61. The molecule has 1 aromatic rings. The Morgan fingerprint density at radius 1 is 1.17 bits per heavy atom. The van der Waals surface area contributed by atoms with Gasteiger partial charge in [-0.2, -0.15) is 0 Å². The fourth-order valence-electron chi connectivity index (χ4n) is 1.85. The Bertz CT molecular complexity index is 533. The van der Waals surface area contributed by atoms with Gasteiger partial charge in [0, 0.05) is 12.1 Å². The van der Waals surface area contributed by atoms with Gasteiger partial charge in [0.05, 0.1) is 6.10 Å². The normalized spacial score (nSPS) is 12.6. The summed E-state index contributed by atoms with van der Waals surface area (Å²) in [6.45, 7) is 8.79. The molecule has 0 unspecified atom stereocenters. The number of amides is 1. The second-order valence-corrected chi connectivity index (χ2v) is 6.63. The minimum absolute atomic E-state index is 0.267. The molecule has 23 heavy (non-hydrogen) atoms.